The minimum absolute atomic E-state index is 0.250. The summed E-state index contributed by atoms with van der Waals surface area (Å²) in [6.07, 6.45) is 74.4. The van der Waals surface area contributed by atoms with E-state index in [4.69, 9.17) is 19.2 Å². The summed E-state index contributed by atoms with van der Waals surface area (Å²) in [6, 6.07) is 0. The predicted molar refractivity (Wildman–Crippen MR) is 287 cm³/mol. The first-order valence-electron chi connectivity index (χ1n) is 29.0. The van der Waals surface area contributed by atoms with Gasteiger partial charge in [-0.05, 0) is 138 Å². The second-order valence-corrected chi connectivity index (χ2v) is 20.0. The Labute approximate surface area is 420 Å². The SMILES string of the molecule is CCC1C(CCCCCCCC=O)C1CCCCCCCC=O.CCCCC/C=C\C/C=C\CCCCCCCC1C(CC)C1CCCCCCC/C=C\C/C=C\CCCCC.O=C=O.O=C=O. The lowest BCUT2D eigenvalue weighted by molar-refractivity contribution is -0.193. The molecule has 2 saturated carbocycles. The first-order chi connectivity index (χ1) is 33.5. The van der Waals surface area contributed by atoms with Gasteiger partial charge in [0.05, 0.1) is 0 Å². The quantitative estimate of drug-likeness (QED) is 0.0342. The molecule has 4 atom stereocenters. The van der Waals surface area contributed by atoms with Crippen molar-refractivity contribution in [2.24, 2.45) is 35.5 Å². The molecule has 0 aliphatic heterocycles. The van der Waals surface area contributed by atoms with Crippen molar-refractivity contribution in [3.05, 3.63) is 48.6 Å². The molecule has 0 aromatic rings. The smallest absolute Gasteiger partial charge is 0.303 e. The van der Waals surface area contributed by atoms with E-state index in [2.05, 4.69) is 76.3 Å². The summed E-state index contributed by atoms with van der Waals surface area (Å²) in [7, 11) is 0. The van der Waals surface area contributed by atoms with Crippen LogP contribution in [0.25, 0.3) is 0 Å². The van der Waals surface area contributed by atoms with E-state index in [1.165, 1.54) is 218 Å². The zero-order valence-corrected chi connectivity index (χ0v) is 45.0. The molecule has 0 spiro atoms. The lowest BCUT2D eigenvalue weighted by Crippen LogP contribution is -1.87. The summed E-state index contributed by atoms with van der Waals surface area (Å²) in [4.78, 5) is 53.0. The molecule has 0 radical (unpaired) electrons. The average molecular weight is 950 g/mol. The summed E-state index contributed by atoms with van der Waals surface area (Å²) >= 11 is 0. The molecule has 4 unspecified atom stereocenters. The van der Waals surface area contributed by atoms with E-state index in [9.17, 15) is 9.59 Å². The Bertz CT molecular complexity index is 1160. The van der Waals surface area contributed by atoms with Crippen LogP contribution in [-0.2, 0) is 28.8 Å². The fourth-order valence-corrected chi connectivity index (χ4v) is 10.6. The van der Waals surface area contributed by atoms with Crippen LogP contribution in [0.2, 0.25) is 0 Å². The topological polar surface area (TPSA) is 102 Å². The van der Waals surface area contributed by atoms with Gasteiger partial charge in [-0.1, -0.05) is 218 Å². The number of hydrogen-bond donors (Lipinski definition) is 0. The van der Waals surface area contributed by atoms with Gasteiger partial charge in [-0.15, -0.1) is 0 Å². The maximum atomic E-state index is 10.3. The van der Waals surface area contributed by atoms with Gasteiger partial charge in [0.2, 0.25) is 0 Å². The van der Waals surface area contributed by atoms with Crippen LogP contribution in [0.3, 0.4) is 0 Å². The normalized spacial score (nSPS) is 19.2. The van der Waals surface area contributed by atoms with Crippen molar-refractivity contribution in [3.8, 4) is 0 Å². The van der Waals surface area contributed by atoms with Crippen molar-refractivity contribution >= 4 is 24.9 Å². The highest BCUT2D eigenvalue weighted by molar-refractivity contribution is 5.49. The van der Waals surface area contributed by atoms with Crippen LogP contribution in [0.1, 0.15) is 285 Å². The van der Waals surface area contributed by atoms with Gasteiger partial charge in [0.1, 0.15) is 12.6 Å². The maximum Gasteiger partial charge on any atom is 0.373 e. The van der Waals surface area contributed by atoms with Crippen LogP contribution in [0.5, 0.6) is 0 Å². The molecular formula is C62H108O6. The van der Waals surface area contributed by atoms with E-state index in [1.807, 2.05) is 0 Å². The first kappa shape index (κ1) is 67.1. The van der Waals surface area contributed by atoms with Crippen LogP contribution >= 0.6 is 0 Å². The molecule has 6 heteroatoms. The van der Waals surface area contributed by atoms with E-state index in [-0.39, 0.29) is 12.3 Å². The summed E-state index contributed by atoms with van der Waals surface area (Å²) < 4.78 is 0. The molecule has 392 valence electrons. The fraction of sp³-hybridized carbons (Fsp3) is 0.806. The van der Waals surface area contributed by atoms with Crippen molar-refractivity contribution in [1.82, 2.24) is 0 Å². The fourth-order valence-electron chi connectivity index (χ4n) is 10.6. The predicted octanol–water partition coefficient (Wildman–Crippen LogP) is 18.8. The van der Waals surface area contributed by atoms with Crippen LogP contribution < -0.4 is 0 Å². The average Bonchev–Trinajstić information content (AvgIpc) is 4.24. The zero-order valence-electron chi connectivity index (χ0n) is 45.0. The number of hydrogen-bond acceptors (Lipinski definition) is 6. The molecular weight excluding hydrogens is 841 g/mol. The number of carbonyl (C=O) groups is 2. The minimum Gasteiger partial charge on any atom is -0.303 e. The van der Waals surface area contributed by atoms with Crippen molar-refractivity contribution in [1.29, 1.82) is 0 Å². The molecule has 2 fully saturated rings. The molecule has 68 heavy (non-hydrogen) atoms. The summed E-state index contributed by atoms with van der Waals surface area (Å²) in [5.74, 6) is 6.29. The molecule has 0 bridgehead atoms. The number of allylic oxidation sites excluding steroid dienone is 8. The summed E-state index contributed by atoms with van der Waals surface area (Å²) in [5, 5.41) is 0. The van der Waals surface area contributed by atoms with Crippen LogP contribution in [-0.4, -0.2) is 24.9 Å². The van der Waals surface area contributed by atoms with Gasteiger partial charge in [0, 0.05) is 12.8 Å². The Morgan fingerprint density at radius 3 is 0.735 bits per heavy atom. The van der Waals surface area contributed by atoms with E-state index in [0.717, 1.165) is 86.6 Å². The second-order valence-electron chi connectivity index (χ2n) is 20.0. The second kappa shape index (κ2) is 56.6. The van der Waals surface area contributed by atoms with Crippen molar-refractivity contribution < 1.29 is 28.8 Å². The Morgan fingerprint density at radius 2 is 0.500 bits per heavy atom. The molecule has 0 aromatic heterocycles. The molecule has 0 heterocycles. The van der Waals surface area contributed by atoms with E-state index in [1.54, 1.807) is 0 Å². The van der Waals surface area contributed by atoms with Crippen molar-refractivity contribution in [3.63, 3.8) is 0 Å². The van der Waals surface area contributed by atoms with Gasteiger partial charge in [-0.25, -0.2) is 0 Å². The third-order valence-electron chi connectivity index (χ3n) is 14.7. The summed E-state index contributed by atoms with van der Waals surface area (Å²) in [6.45, 7) is 9.34. The largest absolute Gasteiger partial charge is 0.373 e. The van der Waals surface area contributed by atoms with E-state index < -0.39 is 0 Å². The Hall–Kier alpha value is -2.94. The molecule has 0 aromatic carbocycles. The molecule has 2 aliphatic carbocycles. The highest BCUT2D eigenvalue weighted by Crippen LogP contribution is 2.55. The molecule has 2 aliphatic rings. The molecule has 6 nitrogen and oxygen atoms in total. The third-order valence-corrected chi connectivity index (χ3v) is 14.7. The van der Waals surface area contributed by atoms with Gasteiger partial charge >= 0.3 is 12.3 Å². The Morgan fingerprint density at radius 1 is 0.279 bits per heavy atom. The highest BCUT2D eigenvalue weighted by atomic mass is 16.2. The lowest BCUT2D eigenvalue weighted by atomic mass is 10.0. The van der Waals surface area contributed by atoms with Crippen LogP contribution in [0.4, 0.5) is 0 Å². The first-order valence-corrected chi connectivity index (χ1v) is 29.0. The molecule has 0 amide bonds. The maximum absolute atomic E-state index is 10.3. The van der Waals surface area contributed by atoms with Crippen LogP contribution in [0, 0.1) is 35.5 Å². The monoisotopic (exact) mass is 949 g/mol. The Balaban J connectivity index is 0. The van der Waals surface area contributed by atoms with Gasteiger partial charge in [0.25, 0.3) is 0 Å². The molecule has 2 rings (SSSR count). The number of unbranched alkanes of at least 4 members (excludes halogenated alkanes) is 26. The third kappa shape index (κ3) is 45.5. The van der Waals surface area contributed by atoms with E-state index >= 15 is 0 Å². The number of rotatable bonds is 46. The highest BCUT2D eigenvalue weighted by Gasteiger charge is 2.47. The zero-order chi connectivity index (χ0) is 50.2. The van der Waals surface area contributed by atoms with Gasteiger partial charge in [-0.2, -0.15) is 19.2 Å². The lowest BCUT2D eigenvalue weighted by Gasteiger charge is -2.02. The van der Waals surface area contributed by atoms with Crippen molar-refractivity contribution in [2.75, 3.05) is 0 Å². The van der Waals surface area contributed by atoms with Crippen molar-refractivity contribution in [2.45, 2.75) is 285 Å². The van der Waals surface area contributed by atoms with Gasteiger partial charge < -0.3 is 9.59 Å². The van der Waals surface area contributed by atoms with E-state index in [0.29, 0.717) is 0 Å². The Kier molecular flexibility index (Phi) is 55.9. The van der Waals surface area contributed by atoms with Gasteiger partial charge in [-0.3, -0.25) is 0 Å². The standard InChI is InChI=1S/C39H70.C21H38O2.2CO2/c1-4-7-9-11-13-15-17-19-21-23-25-27-29-31-33-35-38-37(6-3)39(38)36-34-32-30-28-26-24-22-20-18-16-14-12-10-8-5-2;1-2-19-20(15-11-7-3-5-9-13-17-22)21(19)16-12-8-4-6-10-14-18-23;2*2-1-3/h13-16,19-22,37-39H,4-12,17-18,23-36H2,1-3H3;17-21H,2-16H2,1H3;;/b15-13-,16-14-,21-19-,22-20-;;;. The minimum atomic E-state index is 0.250. The number of aldehydes is 2. The summed E-state index contributed by atoms with van der Waals surface area (Å²) in [5.41, 5.74) is 0. The van der Waals surface area contributed by atoms with Crippen LogP contribution in [0.15, 0.2) is 48.6 Å². The molecule has 0 N–H and O–H groups in total. The number of carbonyl (C=O) groups excluding carboxylic acids is 6. The van der Waals surface area contributed by atoms with Gasteiger partial charge in [0.15, 0.2) is 0 Å². The molecule has 0 saturated heterocycles.